The number of hydrogen-bond acceptors (Lipinski definition) is 2. The lowest BCUT2D eigenvalue weighted by atomic mass is 9.67. The Morgan fingerprint density at radius 1 is 1.04 bits per heavy atom. The van der Waals surface area contributed by atoms with E-state index in [1.807, 2.05) is 6.08 Å². The summed E-state index contributed by atoms with van der Waals surface area (Å²) in [7, 11) is 1.80. The zero-order valence-corrected chi connectivity index (χ0v) is 15.2. The Labute approximate surface area is 143 Å². The zero-order valence-electron chi connectivity index (χ0n) is 15.2. The number of nitrogens with zero attached hydrogens (tertiary/aromatic N) is 1. The first kappa shape index (κ1) is 18.5. The molecule has 0 aliphatic heterocycles. The van der Waals surface area contributed by atoms with E-state index in [1.165, 1.54) is 64.2 Å². The van der Waals surface area contributed by atoms with Gasteiger partial charge in [-0.1, -0.05) is 45.4 Å². The average Bonchev–Trinajstić information content (AvgIpc) is 2.61. The minimum absolute atomic E-state index is 0.163. The van der Waals surface area contributed by atoms with Crippen LogP contribution in [-0.4, -0.2) is 12.7 Å². The van der Waals surface area contributed by atoms with E-state index in [0.717, 1.165) is 30.6 Å². The molecule has 130 valence electrons. The quantitative estimate of drug-likeness (QED) is 0.424. The van der Waals surface area contributed by atoms with Crippen LogP contribution in [0.4, 0.5) is 0 Å². The minimum Gasteiger partial charge on any atom is -0.374 e. The van der Waals surface area contributed by atoms with Crippen LogP contribution in [0.25, 0.3) is 0 Å². The van der Waals surface area contributed by atoms with Gasteiger partial charge in [0.15, 0.2) is 0 Å². The monoisotopic (exact) mass is 317 g/mol. The summed E-state index contributed by atoms with van der Waals surface area (Å²) in [6.07, 6.45) is 19.8. The number of nitriles is 1. The van der Waals surface area contributed by atoms with Crippen molar-refractivity contribution in [2.24, 2.45) is 17.8 Å². The van der Waals surface area contributed by atoms with Crippen LogP contribution in [0.3, 0.4) is 0 Å². The molecule has 23 heavy (non-hydrogen) atoms. The molecular weight excluding hydrogens is 282 g/mol. The lowest BCUT2D eigenvalue weighted by Crippen LogP contribution is -2.36. The zero-order chi connectivity index (χ0) is 16.5. The summed E-state index contributed by atoms with van der Waals surface area (Å²) >= 11 is 0. The van der Waals surface area contributed by atoms with E-state index in [9.17, 15) is 0 Å². The molecule has 0 unspecified atom stereocenters. The van der Waals surface area contributed by atoms with Crippen molar-refractivity contribution in [2.75, 3.05) is 7.11 Å². The molecule has 0 atom stereocenters. The Balaban J connectivity index is 1.74. The van der Waals surface area contributed by atoms with E-state index in [1.54, 1.807) is 13.2 Å². The Hall–Kier alpha value is -0.810. The van der Waals surface area contributed by atoms with Crippen LogP contribution in [0.2, 0.25) is 0 Å². The molecule has 0 N–H and O–H groups in total. The highest BCUT2D eigenvalue weighted by Crippen LogP contribution is 2.44. The van der Waals surface area contributed by atoms with Crippen molar-refractivity contribution in [1.82, 2.24) is 0 Å². The third kappa shape index (κ3) is 5.35. The molecule has 0 spiro atoms. The summed E-state index contributed by atoms with van der Waals surface area (Å²) in [5.41, 5.74) is -0.163. The van der Waals surface area contributed by atoms with Gasteiger partial charge in [-0.2, -0.15) is 5.26 Å². The van der Waals surface area contributed by atoms with Crippen LogP contribution in [0, 0.1) is 29.1 Å². The summed E-state index contributed by atoms with van der Waals surface area (Å²) in [6.45, 7) is 2.30. The van der Waals surface area contributed by atoms with Gasteiger partial charge < -0.3 is 4.74 Å². The van der Waals surface area contributed by atoms with Crippen molar-refractivity contribution in [3.05, 3.63) is 12.2 Å². The molecule has 0 aromatic rings. The van der Waals surface area contributed by atoms with Gasteiger partial charge in [-0.3, -0.25) is 0 Å². The number of ether oxygens (including phenoxy) is 1. The second-order valence-electron chi connectivity index (χ2n) is 7.85. The minimum atomic E-state index is -0.163. The second kappa shape index (κ2) is 9.48. The first-order chi connectivity index (χ1) is 11.2. The highest BCUT2D eigenvalue weighted by atomic mass is 16.5. The molecular formula is C21H35NO. The van der Waals surface area contributed by atoms with Gasteiger partial charge in [0.2, 0.25) is 0 Å². The summed E-state index contributed by atoms with van der Waals surface area (Å²) in [6, 6.07) is 2.11. The van der Waals surface area contributed by atoms with E-state index in [0.29, 0.717) is 0 Å². The summed E-state index contributed by atoms with van der Waals surface area (Å²) < 4.78 is 5.75. The average molecular weight is 318 g/mol. The highest BCUT2D eigenvalue weighted by Gasteiger charge is 2.37. The van der Waals surface area contributed by atoms with Gasteiger partial charge >= 0.3 is 0 Å². The lowest BCUT2D eigenvalue weighted by molar-refractivity contribution is -0.0200. The van der Waals surface area contributed by atoms with E-state index in [-0.39, 0.29) is 5.60 Å². The largest absolute Gasteiger partial charge is 0.374 e. The molecule has 0 aromatic carbocycles. The van der Waals surface area contributed by atoms with Crippen molar-refractivity contribution >= 4 is 0 Å². The molecule has 0 amide bonds. The van der Waals surface area contributed by atoms with Crippen LogP contribution >= 0.6 is 0 Å². The molecule has 0 radical (unpaired) electrons. The van der Waals surface area contributed by atoms with Crippen LogP contribution in [0.15, 0.2) is 12.2 Å². The van der Waals surface area contributed by atoms with E-state index < -0.39 is 0 Å². The maximum absolute atomic E-state index is 8.77. The highest BCUT2D eigenvalue weighted by molar-refractivity contribution is 5.12. The summed E-state index contributed by atoms with van der Waals surface area (Å²) in [5.74, 6) is 2.86. The molecule has 2 rings (SSSR count). The van der Waals surface area contributed by atoms with Crippen LogP contribution in [0.1, 0.15) is 84.0 Å². The molecule has 0 saturated heterocycles. The number of allylic oxidation sites excluding steroid dienone is 1. The Bertz CT molecular complexity index is 393. The second-order valence-corrected chi connectivity index (χ2v) is 7.85. The summed E-state index contributed by atoms with van der Waals surface area (Å²) in [4.78, 5) is 0. The van der Waals surface area contributed by atoms with Gasteiger partial charge in [0.25, 0.3) is 0 Å². The van der Waals surface area contributed by atoms with E-state index in [4.69, 9.17) is 10.00 Å². The number of methoxy groups -OCH3 is 1. The van der Waals surface area contributed by atoms with Gasteiger partial charge in [0.1, 0.15) is 0 Å². The van der Waals surface area contributed by atoms with Crippen LogP contribution in [-0.2, 0) is 4.74 Å². The van der Waals surface area contributed by atoms with Crippen molar-refractivity contribution in [3.63, 3.8) is 0 Å². The molecule has 0 heterocycles. The van der Waals surface area contributed by atoms with Crippen molar-refractivity contribution in [2.45, 2.75) is 89.6 Å². The molecule has 0 aromatic heterocycles. The maximum atomic E-state index is 8.77. The predicted octanol–water partition coefficient (Wildman–Crippen LogP) is 6.03. The number of rotatable bonds is 7. The van der Waals surface area contributed by atoms with Gasteiger partial charge in [-0.15, -0.1) is 0 Å². The fraction of sp³-hybridized carbons (Fsp3) is 0.857. The third-order valence-electron chi connectivity index (χ3n) is 6.52. The van der Waals surface area contributed by atoms with Crippen LogP contribution < -0.4 is 0 Å². The lowest BCUT2D eigenvalue weighted by Gasteiger charge is -2.41. The molecule has 2 aliphatic carbocycles. The Kier molecular flexibility index (Phi) is 7.63. The van der Waals surface area contributed by atoms with Crippen molar-refractivity contribution in [3.8, 4) is 6.07 Å². The number of hydrogen-bond donors (Lipinski definition) is 0. The molecule has 2 aliphatic rings. The normalized spacial score (nSPS) is 35.3. The SMILES string of the molecule is CCCCCC1CCC(C2CCC(C=CC#N)(OC)CC2)CC1. The fourth-order valence-corrected chi connectivity index (χ4v) is 4.86. The van der Waals surface area contributed by atoms with E-state index in [2.05, 4.69) is 13.0 Å². The number of unbranched alkanes of at least 4 members (excludes halogenated alkanes) is 2. The van der Waals surface area contributed by atoms with Crippen LogP contribution in [0.5, 0.6) is 0 Å². The van der Waals surface area contributed by atoms with E-state index >= 15 is 0 Å². The predicted molar refractivity (Wildman–Crippen MR) is 96.0 cm³/mol. The fourth-order valence-electron chi connectivity index (χ4n) is 4.86. The Morgan fingerprint density at radius 2 is 1.70 bits per heavy atom. The third-order valence-corrected chi connectivity index (χ3v) is 6.52. The smallest absolute Gasteiger partial charge is 0.0909 e. The standard InChI is InChI=1S/C21H35NO/c1-3-4-5-7-18-8-10-19(11-9-18)20-12-15-21(23-2,16-13-20)14-6-17-22/h6,14,18-20H,3-5,7-13,15-16H2,1-2H3. The first-order valence-electron chi connectivity index (χ1n) is 9.85. The maximum Gasteiger partial charge on any atom is 0.0909 e. The molecule has 2 heteroatoms. The van der Waals surface area contributed by atoms with Gasteiger partial charge in [0.05, 0.1) is 11.7 Å². The first-order valence-corrected chi connectivity index (χ1v) is 9.85. The van der Waals surface area contributed by atoms with Gasteiger partial charge in [0, 0.05) is 13.2 Å². The molecule has 2 fully saturated rings. The molecule has 0 bridgehead atoms. The Morgan fingerprint density at radius 3 is 2.26 bits per heavy atom. The molecule has 2 saturated carbocycles. The molecule has 2 nitrogen and oxygen atoms in total. The summed E-state index contributed by atoms with van der Waals surface area (Å²) in [5, 5.41) is 8.77. The van der Waals surface area contributed by atoms with Crippen molar-refractivity contribution in [1.29, 1.82) is 5.26 Å². The topological polar surface area (TPSA) is 33.0 Å². The van der Waals surface area contributed by atoms with Gasteiger partial charge in [-0.25, -0.2) is 0 Å². The van der Waals surface area contributed by atoms with Gasteiger partial charge in [-0.05, 0) is 62.4 Å². The van der Waals surface area contributed by atoms with Crippen molar-refractivity contribution < 1.29 is 4.74 Å².